The van der Waals surface area contributed by atoms with Crippen LogP contribution in [0.4, 0.5) is 0 Å². The van der Waals surface area contributed by atoms with Gasteiger partial charge in [0.15, 0.2) is 0 Å². The number of H-pyrrole nitrogens is 1. The highest BCUT2D eigenvalue weighted by atomic mass is 32.1. The fourth-order valence-electron chi connectivity index (χ4n) is 3.52. The molecule has 9 heteroatoms. The molecule has 0 radical (unpaired) electrons. The van der Waals surface area contributed by atoms with Gasteiger partial charge in [0, 0.05) is 26.1 Å². The molecule has 2 aromatic rings. The van der Waals surface area contributed by atoms with Gasteiger partial charge in [-0.1, -0.05) is 12.2 Å². The average Bonchev–Trinajstić information content (AvgIpc) is 3.31. The first-order chi connectivity index (χ1) is 13.1. The first-order valence-corrected chi connectivity index (χ1v) is 9.66. The summed E-state index contributed by atoms with van der Waals surface area (Å²) in [4.78, 5) is 49.0. The molecule has 0 aliphatic carbocycles. The lowest BCUT2D eigenvalue weighted by Gasteiger charge is -2.36. The molecule has 2 amide bonds. The van der Waals surface area contributed by atoms with Gasteiger partial charge in [0.05, 0.1) is 35.8 Å². The fourth-order valence-corrected chi connectivity index (χ4v) is 4.62. The average molecular weight is 388 g/mol. The molecule has 4 heterocycles. The van der Waals surface area contributed by atoms with Crippen LogP contribution in [0.1, 0.15) is 21.7 Å². The molecule has 27 heavy (non-hydrogen) atoms. The molecule has 1 fully saturated rings. The number of carbonyl (C=O) groups excluding carboxylic acids is 2. The second-order valence-corrected chi connectivity index (χ2v) is 7.67. The van der Waals surface area contributed by atoms with Gasteiger partial charge in [-0.15, -0.1) is 11.3 Å². The van der Waals surface area contributed by atoms with Crippen molar-refractivity contribution in [1.82, 2.24) is 19.8 Å². The molecule has 0 bridgehead atoms. The summed E-state index contributed by atoms with van der Waals surface area (Å²) >= 11 is 1.22. The monoisotopic (exact) mass is 388 g/mol. The topological polar surface area (TPSA) is 95.6 Å². The highest BCUT2D eigenvalue weighted by Crippen LogP contribution is 2.29. The van der Waals surface area contributed by atoms with Gasteiger partial charge in [0.1, 0.15) is 4.83 Å². The van der Waals surface area contributed by atoms with Gasteiger partial charge in [-0.05, 0) is 12.5 Å². The largest absolute Gasteiger partial charge is 0.377 e. The molecule has 0 aromatic carbocycles. The third-order valence-electron chi connectivity index (χ3n) is 5.00. The molecule has 2 aromatic heterocycles. The first-order valence-electron chi connectivity index (χ1n) is 8.84. The van der Waals surface area contributed by atoms with Crippen molar-refractivity contribution >= 4 is 33.4 Å². The van der Waals surface area contributed by atoms with Gasteiger partial charge in [-0.25, -0.2) is 4.98 Å². The van der Waals surface area contributed by atoms with E-state index in [0.717, 1.165) is 0 Å². The fraction of sp³-hybridized carbons (Fsp3) is 0.444. The lowest BCUT2D eigenvalue weighted by atomic mass is 10.1. The third-order valence-corrected chi connectivity index (χ3v) is 6.18. The van der Waals surface area contributed by atoms with Crippen molar-refractivity contribution in [2.24, 2.45) is 0 Å². The molecule has 0 saturated carbocycles. The van der Waals surface area contributed by atoms with E-state index in [9.17, 15) is 14.4 Å². The predicted octanol–water partition coefficient (Wildman–Crippen LogP) is 0.923. The van der Waals surface area contributed by atoms with Crippen molar-refractivity contribution < 1.29 is 14.3 Å². The molecule has 1 N–H and O–H groups in total. The molecule has 0 spiro atoms. The quantitative estimate of drug-likeness (QED) is 0.789. The molecule has 8 nitrogen and oxygen atoms in total. The summed E-state index contributed by atoms with van der Waals surface area (Å²) in [6.07, 6.45) is 5.50. The van der Waals surface area contributed by atoms with Crippen molar-refractivity contribution in [3.05, 3.63) is 39.3 Å². The minimum atomic E-state index is -0.310. The van der Waals surface area contributed by atoms with E-state index in [2.05, 4.69) is 9.97 Å². The normalized spacial score (nSPS) is 19.8. The van der Waals surface area contributed by atoms with E-state index in [0.29, 0.717) is 53.5 Å². The molecule has 142 valence electrons. The van der Waals surface area contributed by atoms with Gasteiger partial charge < -0.3 is 19.5 Å². The van der Waals surface area contributed by atoms with Crippen LogP contribution in [0.25, 0.3) is 10.2 Å². The number of thiophene rings is 1. The van der Waals surface area contributed by atoms with Crippen LogP contribution in [-0.2, 0) is 9.53 Å². The molecule has 0 unspecified atom stereocenters. The summed E-state index contributed by atoms with van der Waals surface area (Å²) in [7, 11) is 0. The lowest BCUT2D eigenvalue weighted by Crippen LogP contribution is -2.50. The Morgan fingerprint density at radius 2 is 2.15 bits per heavy atom. The summed E-state index contributed by atoms with van der Waals surface area (Å²) in [5, 5.41) is 0.454. The van der Waals surface area contributed by atoms with Crippen LogP contribution in [0.15, 0.2) is 23.3 Å². The third kappa shape index (κ3) is 3.28. The minimum Gasteiger partial charge on any atom is -0.377 e. The molecule has 4 rings (SSSR count). The van der Waals surface area contributed by atoms with Crippen LogP contribution in [0.3, 0.4) is 0 Å². The zero-order chi connectivity index (χ0) is 19.0. The number of nitrogens with one attached hydrogen (secondary N) is 1. The number of aromatic nitrogens is 2. The van der Waals surface area contributed by atoms with Gasteiger partial charge in [0.2, 0.25) is 5.91 Å². The Labute approximate surface area is 159 Å². The maximum absolute atomic E-state index is 13.2. The summed E-state index contributed by atoms with van der Waals surface area (Å²) in [5.41, 5.74) is 0.387. The van der Waals surface area contributed by atoms with E-state index in [1.807, 2.05) is 12.2 Å². The number of ether oxygens (including phenoxy) is 1. The number of amides is 2. The number of aromatic amines is 1. The van der Waals surface area contributed by atoms with Crippen molar-refractivity contribution in [2.45, 2.75) is 19.4 Å². The predicted molar refractivity (Wildman–Crippen MR) is 101 cm³/mol. The highest BCUT2D eigenvalue weighted by Gasteiger charge is 2.33. The maximum Gasteiger partial charge on any atom is 0.264 e. The van der Waals surface area contributed by atoms with E-state index in [1.165, 1.54) is 17.7 Å². The smallest absolute Gasteiger partial charge is 0.264 e. The lowest BCUT2D eigenvalue weighted by molar-refractivity contribution is -0.132. The van der Waals surface area contributed by atoms with E-state index in [1.54, 1.807) is 16.7 Å². The second-order valence-electron chi connectivity index (χ2n) is 6.67. The number of rotatable bonds is 3. The Hall–Kier alpha value is -2.52. The van der Waals surface area contributed by atoms with E-state index >= 15 is 0 Å². The number of hydrogen-bond acceptors (Lipinski definition) is 6. The first kappa shape index (κ1) is 17.9. The van der Waals surface area contributed by atoms with Crippen LogP contribution in [-0.4, -0.2) is 70.5 Å². The summed E-state index contributed by atoms with van der Waals surface area (Å²) < 4.78 is 5.53. The molecule has 2 aliphatic rings. The van der Waals surface area contributed by atoms with E-state index < -0.39 is 0 Å². The Bertz CT molecular complexity index is 971. The van der Waals surface area contributed by atoms with Gasteiger partial charge in [0.25, 0.3) is 11.5 Å². The molecule has 2 aliphatic heterocycles. The zero-order valence-corrected chi connectivity index (χ0v) is 15.8. The van der Waals surface area contributed by atoms with E-state index in [4.69, 9.17) is 4.74 Å². The van der Waals surface area contributed by atoms with Crippen molar-refractivity contribution in [1.29, 1.82) is 0 Å². The number of carbonyl (C=O) groups is 2. The zero-order valence-electron chi connectivity index (χ0n) is 14.9. The SMILES string of the molecule is Cc1c(C(=O)N2CCOC[C@H]2CC(=O)N2CC=CC2)sc2nc[nH]c(=O)c12. The second kappa shape index (κ2) is 7.24. The Morgan fingerprint density at radius 3 is 2.89 bits per heavy atom. The van der Waals surface area contributed by atoms with Gasteiger partial charge >= 0.3 is 0 Å². The number of morpholine rings is 1. The number of aryl methyl sites for hydroxylation is 1. The molecule has 1 saturated heterocycles. The Kier molecular flexibility index (Phi) is 4.79. The minimum absolute atomic E-state index is 0.0134. The van der Waals surface area contributed by atoms with Gasteiger partial charge in [-0.3, -0.25) is 14.4 Å². The van der Waals surface area contributed by atoms with Crippen LogP contribution in [0.5, 0.6) is 0 Å². The van der Waals surface area contributed by atoms with Crippen LogP contribution < -0.4 is 5.56 Å². The van der Waals surface area contributed by atoms with Crippen molar-refractivity contribution in [3.8, 4) is 0 Å². The number of hydrogen-bond donors (Lipinski definition) is 1. The summed E-state index contributed by atoms with van der Waals surface area (Å²) in [6.45, 7) is 4.19. The van der Waals surface area contributed by atoms with Crippen LogP contribution in [0, 0.1) is 6.92 Å². The summed E-state index contributed by atoms with van der Waals surface area (Å²) in [6, 6.07) is -0.310. The Morgan fingerprint density at radius 1 is 1.37 bits per heavy atom. The summed E-state index contributed by atoms with van der Waals surface area (Å²) in [5.74, 6) is -0.157. The van der Waals surface area contributed by atoms with Crippen molar-refractivity contribution in [2.75, 3.05) is 32.8 Å². The highest BCUT2D eigenvalue weighted by molar-refractivity contribution is 7.20. The van der Waals surface area contributed by atoms with Gasteiger partial charge in [-0.2, -0.15) is 0 Å². The van der Waals surface area contributed by atoms with Crippen molar-refractivity contribution in [3.63, 3.8) is 0 Å². The molecular weight excluding hydrogens is 368 g/mol. The number of nitrogens with zero attached hydrogens (tertiary/aromatic N) is 3. The standard InChI is InChI=1S/C18H20N4O4S/c1-11-14-16(24)19-10-20-17(14)27-15(11)18(25)22-6-7-26-9-12(22)8-13(23)21-4-2-3-5-21/h2-3,10,12H,4-9H2,1H3,(H,19,20,24)/t12-/m1/s1. The number of fused-ring (bicyclic) bond motifs is 1. The van der Waals surface area contributed by atoms with Crippen LogP contribution >= 0.6 is 11.3 Å². The maximum atomic E-state index is 13.2. The molecular formula is C18H20N4O4S. The van der Waals surface area contributed by atoms with E-state index in [-0.39, 0.29) is 29.8 Å². The molecule has 1 atom stereocenters. The Balaban J connectivity index is 1.59. The van der Waals surface area contributed by atoms with Crippen LogP contribution in [0.2, 0.25) is 0 Å².